The molecule has 0 aliphatic heterocycles. The first-order valence-corrected chi connectivity index (χ1v) is 16.2. The van der Waals surface area contributed by atoms with Crippen LogP contribution >= 0.6 is 0 Å². The fourth-order valence-electron chi connectivity index (χ4n) is 4.39. The second kappa shape index (κ2) is 12.3. The van der Waals surface area contributed by atoms with Crippen LogP contribution in [0.2, 0.25) is 0 Å². The van der Waals surface area contributed by atoms with Crippen molar-refractivity contribution in [1.29, 1.82) is 0 Å². The summed E-state index contributed by atoms with van der Waals surface area (Å²) in [5, 5.41) is 10.6. The number of carbonyl (C=O) groups is 2. The van der Waals surface area contributed by atoms with Crippen molar-refractivity contribution in [3.05, 3.63) is 131 Å². The zero-order valence-electron chi connectivity index (χ0n) is 22.6. The van der Waals surface area contributed by atoms with Crippen LogP contribution in [-0.2, 0) is 19.7 Å². The van der Waals surface area contributed by atoms with Gasteiger partial charge < -0.3 is 5.11 Å². The van der Waals surface area contributed by atoms with Gasteiger partial charge in [0.2, 0.25) is 0 Å². The van der Waals surface area contributed by atoms with Gasteiger partial charge in [-0.2, -0.15) is 0 Å². The Kier molecular flexibility index (Phi) is 9.01. The highest BCUT2D eigenvalue weighted by atomic mass is 32.2. The first-order chi connectivity index (χ1) is 19.4. The van der Waals surface area contributed by atoms with Crippen LogP contribution in [0.25, 0.3) is 0 Å². The highest BCUT2D eigenvalue weighted by Gasteiger charge is 2.33. The number of benzene rings is 4. The standard InChI is InChI=1S/C32H30O7S2/c1-22-8-16-28(17-9-22)40(36,37)20-27(21-41(38,39)29-18-10-23(2)11-19-29)30(33)25-12-14-26(15-13-25)32(35)31(34)24-6-4-3-5-7-24/h3-19,27,32,35H,20-21H2,1-2H3. The van der Waals surface area contributed by atoms with Gasteiger partial charge in [0.05, 0.1) is 27.2 Å². The van der Waals surface area contributed by atoms with Gasteiger partial charge in [-0.1, -0.05) is 90.0 Å². The Balaban J connectivity index is 1.64. The predicted octanol–water partition coefficient (Wildman–Crippen LogP) is 4.97. The van der Waals surface area contributed by atoms with E-state index in [1.807, 2.05) is 13.8 Å². The van der Waals surface area contributed by atoms with Crippen molar-refractivity contribution in [3.8, 4) is 0 Å². The molecule has 0 heterocycles. The Hall–Kier alpha value is -3.92. The van der Waals surface area contributed by atoms with Crippen LogP contribution in [0.15, 0.2) is 113 Å². The molecular weight excluding hydrogens is 560 g/mol. The molecule has 4 aromatic carbocycles. The third-order valence-corrected chi connectivity index (χ3v) is 10.5. The van der Waals surface area contributed by atoms with E-state index in [2.05, 4.69) is 0 Å². The summed E-state index contributed by atoms with van der Waals surface area (Å²) in [6.07, 6.45) is -1.47. The summed E-state index contributed by atoms with van der Waals surface area (Å²) in [7, 11) is -8.05. The van der Waals surface area contributed by atoms with Gasteiger partial charge in [0, 0.05) is 11.1 Å². The molecule has 4 rings (SSSR count). The van der Waals surface area contributed by atoms with Crippen LogP contribution in [0.4, 0.5) is 0 Å². The molecule has 1 atom stereocenters. The Bertz CT molecular complexity index is 1670. The van der Waals surface area contributed by atoms with E-state index in [4.69, 9.17) is 0 Å². The number of hydrogen-bond donors (Lipinski definition) is 1. The molecule has 0 saturated heterocycles. The molecule has 7 nitrogen and oxygen atoms in total. The third kappa shape index (κ3) is 7.24. The van der Waals surface area contributed by atoms with E-state index in [0.717, 1.165) is 11.1 Å². The molecule has 0 aromatic heterocycles. The summed E-state index contributed by atoms with van der Waals surface area (Å²) < 4.78 is 53.2. The van der Waals surface area contributed by atoms with Crippen molar-refractivity contribution >= 4 is 31.2 Å². The number of Topliss-reactive ketones (excluding diaryl/α,β-unsaturated/α-hetero) is 2. The Morgan fingerprint density at radius 1 is 0.585 bits per heavy atom. The first kappa shape index (κ1) is 30.0. The lowest BCUT2D eigenvalue weighted by Gasteiger charge is -2.18. The number of aliphatic hydroxyl groups is 1. The monoisotopic (exact) mass is 590 g/mol. The van der Waals surface area contributed by atoms with Gasteiger partial charge >= 0.3 is 0 Å². The lowest BCUT2D eigenvalue weighted by molar-refractivity contribution is 0.0747. The molecule has 1 unspecified atom stereocenters. The summed E-state index contributed by atoms with van der Waals surface area (Å²) in [6.45, 7) is 3.62. The number of hydrogen-bond acceptors (Lipinski definition) is 7. The van der Waals surface area contributed by atoms with Crippen molar-refractivity contribution in [3.63, 3.8) is 0 Å². The van der Waals surface area contributed by atoms with Gasteiger partial charge in [0.1, 0.15) is 6.10 Å². The second-order valence-corrected chi connectivity index (χ2v) is 14.1. The van der Waals surface area contributed by atoms with Crippen LogP contribution in [0.3, 0.4) is 0 Å². The molecule has 0 amide bonds. The van der Waals surface area contributed by atoms with Crippen LogP contribution in [-0.4, -0.2) is 45.0 Å². The SMILES string of the molecule is Cc1ccc(S(=O)(=O)CC(CS(=O)(=O)c2ccc(C)cc2)C(=O)c2ccc(C(O)C(=O)c3ccccc3)cc2)cc1. The molecule has 41 heavy (non-hydrogen) atoms. The molecule has 0 aliphatic carbocycles. The van der Waals surface area contributed by atoms with E-state index in [0.29, 0.717) is 5.56 Å². The van der Waals surface area contributed by atoms with Crippen LogP contribution < -0.4 is 0 Å². The maximum absolute atomic E-state index is 13.6. The average Bonchev–Trinajstić information content (AvgIpc) is 2.96. The lowest BCUT2D eigenvalue weighted by atomic mass is 9.96. The van der Waals surface area contributed by atoms with E-state index in [-0.39, 0.29) is 20.9 Å². The second-order valence-electron chi connectivity index (χ2n) is 10.0. The van der Waals surface area contributed by atoms with Crippen molar-refractivity contribution in [1.82, 2.24) is 0 Å². The molecule has 0 bridgehead atoms. The smallest absolute Gasteiger partial charge is 0.195 e. The third-order valence-electron chi connectivity index (χ3n) is 6.79. The van der Waals surface area contributed by atoms with Gasteiger partial charge in [0.25, 0.3) is 0 Å². The number of sulfone groups is 2. The van der Waals surface area contributed by atoms with E-state index >= 15 is 0 Å². The minimum atomic E-state index is -4.02. The molecule has 0 radical (unpaired) electrons. The molecule has 0 aliphatic rings. The summed E-state index contributed by atoms with van der Waals surface area (Å²) in [5.74, 6) is -4.02. The van der Waals surface area contributed by atoms with E-state index in [9.17, 15) is 31.5 Å². The summed E-state index contributed by atoms with van der Waals surface area (Å²) in [6, 6.07) is 26.1. The molecule has 1 N–H and O–H groups in total. The summed E-state index contributed by atoms with van der Waals surface area (Å²) in [4.78, 5) is 26.3. The quantitative estimate of drug-likeness (QED) is 0.245. The van der Waals surface area contributed by atoms with Crippen molar-refractivity contribution in [2.75, 3.05) is 11.5 Å². The molecule has 0 saturated carbocycles. The van der Waals surface area contributed by atoms with Crippen molar-refractivity contribution in [2.24, 2.45) is 5.92 Å². The van der Waals surface area contributed by atoms with E-state index < -0.39 is 54.8 Å². The highest BCUT2D eigenvalue weighted by Crippen LogP contribution is 2.25. The first-order valence-electron chi connectivity index (χ1n) is 12.9. The number of rotatable bonds is 11. The zero-order valence-corrected chi connectivity index (χ0v) is 24.2. The molecule has 4 aromatic rings. The van der Waals surface area contributed by atoms with E-state index in [1.165, 1.54) is 48.5 Å². The fourth-order valence-corrected chi connectivity index (χ4v) is 7.62. The topological polar surface area (TPSA) is 123 Å². The van der Waals surface area contributed by atoms with Gasteiger partial charge in [-0.25, -0.2) is 16.8 Å². The summed E-state index contributed by atoms with van der Waals surface area (Å²) >= 11 is 0. The van der Waals surface area contributed by atoms with Crippen LogP contribution in [0.1, 0.15) is 43.5 Å². The van der Waals surface area contributed by atoms with E-state index in [1.54, 1.807) is 54.6 Å². The zero-order chi connectivity index (χ0) is 29.8. The molecule has 9 heteroatoms. The minimum Gasteiger partial charge on any atom is -0.380 e. The Morgan fingerprint density at radius 3 is 1.44 bits per heavy atom. The van der Waals surface area contributed by atoms with Crippen molar-refractivity contribution < 1.29 is 31.5 Å². The van der Waals surface area contributed by atoms with Gasteiger partial charge in [0.15, 0.2) is 31.2 Å². The van der Waals surface area contributed by atoms with Gasteiger partial charge in [-0.05, 0) is 43.7 Å². The maximum Gasteiger partial charge on any atom is 0.195 e. The summed E-state index contributed by atoms with van der Waals surface area (Å²) in [5.41, 5.74) is 2.34. The maximum atomic E-state index is 13.6. The highest BCUT2D eigenvalue weighted by molar-refractivity contribution is 7.92. The average molecular weight is 591 g/mol. The molecule has 0 spiro atoms. The van der Waals surface area contributed by atoms with Crippen LogP contribution in [0.5, 0.6) is 0 Å². The normalized spacial score (nSPS) is 12.7. The minimum absolute atomic E-state index is 0.00784. The lowest BCUT2D eigenvalue weighted by Crippen LogP contribution is -2.31. The molecule has 212 valence electrons. The number of aryl methyl sites for hydroxylation is 2. The molecular formula is C32H30O7S2. The number of aliphatic hydroxyl groups excluding tert-OH is 1. The number of ketones is 2. The van der Waals surface area contributed by atoms with Crippen LogP contribution in [0, 0.1) is 19.8 Å². The Labute approximate surface area is 240 Å². The molecule has 0 fully saturated rings. The predicted molar refractivity (Wildman–Crippen MR) is 156 cm³/mol. The van der Waals surface area contributed by atoms with Gasteiger partial charge in [-0.3, -0.25) is 9.59 Å². The van der Waals surface area contributed by atoms with Crippen molar-refractivity contribution in [2.45, 2.75) is 29.7 Å². The number of carbonyl (C=O) groups excluding carboxylic acids is 2. The Morgan fingerprint density at radius 2 is 1.00 bits per heavy atom. The van der Waals surface area contributed by atoms with Gasteiger partial charge in [-0.15, -0.1) is 0 Å². The largest absolute Gasteiger partial charge is 0.380 e. The fraction of sp³-hybridized carbons (Fsp3) is 0.188.